The van der Waals surface area contributed by atoms with Gasteiger partial charge in [0.25, 0.3) is 0 Å². The summed E-state index contributed by atoms with van der Waals surface area (Å²) in [5, 5.41) is 0. The Kier molecular flexibility index (Phi) is 184. The van der Waals surface area contributed by atoms with Crippen LogP contribution >= 0.6 is 0 Å². The van der Waals surface area contributed by atoms with Gasteiger partial charge in [0.2, 0.25) is 0 Å². The van der Waals surface area contributed by atoms with Crippen LogP contribution in [0.25, 0.3) is 0 Å². The van der Waals surface area contributed by atoms with Crippen LogP contribution in [0.15, 0.2) is 0 Å². The van der Waals surface area contributed by atoms with Crippen LogP contribution in [0.4, 0.5) is 0 Å². The zero-order valence-electron chi connectivity index (χ0n) is 11.6. The third-order valence-electron chi connectivity index (χ3n) is 0. The monoisotopic (exact) mass is 396 g/mol. The fourth-order valence-electron chi connectivity index (χ4n) is 0. The summed E-state index contributed by atoms with van der Waals surface area (Å²) < 4.78 is 68.2. The first kappa shape index (κ1) is 96.7. The molecule has 0 aromatic rings. The number of hydrogen-bond donors (Lipinski definition) is 2. The van der Waals surface area contributed by atoms with Gasteiger partial charge in [-0.3, -0.25) is 16.8 Å². The first-order chi connectivity index (χ1) is 4.00. The van der Waals surface area contributed by atoms with Crippen LogP contribution in [0.5, 0.6) is 0 Å². The molecular formula is H24FeN2O14S2+4. The molecule has 0 rings (SSSR count). The first-order valence-corrected chi connectivity index (χ1v) is 4.00. The van der Waals surface area contributed by atoms with Crippen molar-refractivity contribution in [2.24, 2.45) is 0 Å². The molecule has 134 valence electrons. The molecule has 0 aliphatic heterocycles. The van der Waals surface area contributed by atoms with Crippen LogP contribution in [0.1, 0.15) is 2.85 Å². The van der Waals surface area contributed by atoms with E-state index in [1.165, 1.54) is 0 Å². The van der Waals surface area contributed by atoms with E-state index >= 15 is 0 Å². The average molecular weight is 396 g/mol. The topological polar surface area (TPSA) is 426 Å². The minimum Gasteiger partial charge on any atom is -0.870 e. The second-order valence-corrected chi connectivity index (χ2v) is 2.45. The van der Waals surface area contributed by atoms with Crippen LogP contribution in [0, 0.1) is 0 Å². The SMILES string of the molecule is O=S(=O)([O-])[O-].O=S(=O)([O-])[O-].[Fe+2].[H+].[H+].[NH4+].[NH4+].[OH-].[OH-].[OH3+].[OH3+].[OH3+].[OH3+]. The minimum atomic E-state index is -5.17. The largest absolute Gasteiger partial charge is 2.00 e. The van der Waals surface area contributed by atoms with Crippen LogP contribution in [0.3, 0.4) is 0 Å². The summed E-state index contributed by atoms with van der Waals surface area (Å²) in [4.78, 5) is 0. The Morgan fingerprint density at radius 3 is 0.579 bits per heavy atom. The summed E-state index contributed by atoms with van der Waals surface area (Å²) in [5.74, 6) is 0. The van der Waals surface area contributed by atoms with E-state index in [1.807, 2.05) is 0 Å². The van der Waals surface area contributed by atoms with E-state index in [-0.39, 0.29) is 65.1 Å². The molecule has 19 heavy (non-hydrogen) atoms. The Morgan fingerprint density at radius 2 is 0.579 bits per heavy atom. The summed E-state index contributed by atoms with van der Waals surface area (Å²) in [6.07, 6.45) is 0. The number of quaternary nitrogens is 2. The maximum absolute atomic E-state index is 8.52. The molecule has 0 heterocycles. The molecule has 0 spiro atoms. The minimum absolute atomic E-state index is 0. The van der Waals surface area contributed by atoms with E-state index in [9.17, 15) is 0 Å². The maximum atomic E-state index is 8.52. The van der Waals surface area contributed by atoms with Crippen molar-refractivity contribution in [3.63, 3.8) is 0 Å². The zero-order chi connectivity index (χ0) is 9.00. The number of hydrogen-bond acceptors (Lipinski definition) is 10. The van der Waals surface area contributed by atoms with Gasteiger partial charge in [-0.1, -0.05) is 0 Å². The molecule has 19 heteroatoms. The number of rotatable bonds is 0. The van der Waals surface area contributed by atoms with Crippen molar-refractivity contribution < 1.29 is 87.8 Å². The fraction of sp³-hybridized carbons (Fsp3) is 0. The molecule has 16 nitrogen and oxygen atoms in total. The standard InChI is InChI=1S/Fe.2H3N.2H2O4S.6H2O/c;;;2*1-5(2,3)4;;;;;;/h;2*1H3;2*(H2,1,2,3,4);6*1H2/q+2;;;;;;;;;;/p+2. The maximum Gasteiger partial charge on any atom is 2.00 e. The molecule has 0 amide bonds. The Labute approximate surface area is 121 Å². The summed E-state index contributed by atoms with van der Waals surface area (Å²) in [7, 11) is -10.3. The molecule has 0 fully saturated rings. The third-order valence-corrected chi connectivity index (χ3v) is 0. The second-order valence-electron chi connectivity index (χ2n) is 0.816. The van der Waals surface area contributed by atoms with Crippen molar-refractivity contribution in [1.29, 1.82) is 0 Å². The Bertz CT molecular complexity index is 229. The molecule has 0 aliphatic rings. The summed E-state index contributed by atoms with van der Waals surface area (Å²) in [6.45, 7) is 0. The van der Waals surface area contributed by atoms with E-state index in [1.54, 1.807) is 0 Å². The van der Waals surface area contributed by atoms with Crippen LogP contribution in [0.2, 0.25) is 0 Å². The van der Waals surface area contributed by atoms with Crippen LogP contribution < -0.4 is 12.3 Å². The van der Waals surface area contributed by atoms with E-state index in [0.717, 1.165) is 0 Å². The van der Waals surface area contributed by atoms with Gasteiger partial charge in [0.05, 0.1) is 0 Å². The van der Waals surface area contributed by atoms with Crippen molar-refractivity contribution in [1.82, 2.24) is 12.3 Å². The van der Waals surface area contributed by atoms with Crippen molar-refractivity contribution in [2.75, 3.05) is 0 Å². The predicted octanol–water partition coefficient (Wildman–Crippen LogP) is -5.74. The fourth-order valence-corrected chi connectivity index (χ4v) is 0. The van der Waals surface area contributed by atoms with Gasteiger partial charge < -0.3 is 63.4 Å². The summed E-state index contributed by atoms with van der Waals surface area (Å²) >= 11 is 0. The van der Waals surface area contributed by atoms with Gasteiger partial charge >= 0.3 is 19.9 Å². The normalized spacial score (nSPS) is 6.11. The quantitative estimate of drug-likeness (QED) is 0.169. The van der Waals surface area contributed by atoms with Crippen molar-refractivity contribution in [2.45, 2.75) is 0 Å². The van der Waals surface area contributed by atoms with Crippen LogP contribution in [-0.4, -0.2) is 46.0 Å². The van der Waals surface area contributed by atoms with Gasteiger partial charge in [0, 0.05) is 20.8 Å². The zero-order valence-corrected chi connectivity index (χ0v) is 12.4. The molecular weight excluding hydrogens is 372 g/mol. The molecule has 0 bridgehead atoms. The van der Waals surface area contributed by atoms with E-state index < -0.39 is 20.8 Å². The molecule has 0 aliphatic carbocycles. The molecule has 0 saturated carbocycles. The average Bonchev–Trinajstić information content (AvgIpc) is 1.12. The molecule has 22 N–H and O–H groups in total. The summed E-state index contributed by atoms with van der Waals surface area (Å²) in [6, 6.07) is 0. The van der Waals surface area contributed by atoms with Crippen molar-refractivity contribution in [3.8, 4) is 0 Å². The Hall–Kier alpha value is -0.0605. The molecule has 0 unspecified atom stereocenters. The molecule has 0 radical (unpaired) electrons. The predicted molar refractivity (Wildman–Crippen MR) is 58.5 cm³/mol. The van der Waals surface area contributed by atoms with E-state index in [4.69, 9.17) is 35.0 Å². The van der Waals surface area contributed by atoms with Crippen molar-refractivity contribution in [3.05, 3.63) is 0 Å². The van der Waals surface area contributed by atoms with Crippen LogP contribution in [-0.2, 0) is 59.8 Å². The van der Waals surface area contributed by atoms with Gasteiger partial charge in [-0.15, -0.1) is 0 Å². The van der Waals surface area contributed by atoms with Gasteiger partial charge in [-0.25, -0.2) is 0 Å². The smallest absolute Gasteiger partial charge is 0.870 e. The van der Waals surface area contributed by atoms with Crippen molar-refractivity contribution >= 4 is 20.8 Å². The molecule has 0 aromatic carbocycles. The third kappa shape index (κ3) is 1240000. The second kappa shape index (κ2) is 36.1. The molecule has 0 aromatic heterocycles. The van der Waals surface area contributed by atoms with E-state index in [2.05, 4.69) is 0 Å². The first-order valence-electron chi connectivity index (χ1n) is 1.33. The Morgan fingerprint density at radius 1 is 0.579 bits per heavy atom. The van der Waals surface area contributed by atoms with Gasteiger partial charge in [-0.2, -0.15) is 0 Å². The Balaban J connectivity index is -0.00000000364. The summed E-state index contributed by atoms with van der Waals surface area (Å²) in [5.41, 5.74) is 0. The van der Waals surface area contributed by atoms with Gasteiger partial charge in [0.1, 0.15) is 0 Å². The van der Waals surface area contributed by atoms with Gasteiger partial charge in [-0.05, 0) is 0 Å². The molecule has 0 atom stereocenters. The van der Waals surface area contributed by atoms with E-state index in [0.29, 0.717) is 0 Å². The molecule has 0 saturated heterocycles. The van der Waals surface area contributed by atoms with Gasteiger partial charge in [0.15, 0.2) is 0 Å².